The Balaban J connectivity index is 2.06. The molecule has 0 bridgehead atoms. The number of hydrogen-bond donors (Lipinski definition) is 1. The van der Waals surface area contributed by atoms with Gasteiger partial charge in [0.15, 0.2) is 11.4 Å². The minimum absolute atomic E-state index is 0.437. The predicted octanol–water partition coefficient (Wildman–Crippen LogP) is 2.50. The predicted molar refractivity (Wildman–Crippen MR) is 74.9 cm³/mol. The van der Waals surface area contributed by atoms with E-state index in [0.717, 1.165) is 9.86 Å². The molecule has 2 aromatic heterocycles. The zero-order valence-electron chi connectivity index (χ0n) is 10.0. The van der Waals surface area contributed by atoms with Gasteiger partial charge < -0.3 is 10.5 Å². The van der Waals surface area contributed by atoms with Crippen molar-refractivity contribution in [2.75, 3.05) is 5.73 Å². The number of nitrogen functional groups attached to an aromatic ring is 1. The Morgan fingerprint density at radius 3 is 2.95 bits per heavy atom. The smallest absolute Gasteiger partial charge is 0.233 e. The number of aromatic nitrogens is 4. The molecule has 0 aliphatic heterocycles. The molecule has 0 fully saturated rings. The number of hydrogen-bond acceptors (Lipinski definition) is 5. The van der Waals surface area contributed by atoms with Gasteiger partial charge in [0, 0.05) is 11.5 Å². The summed E-state index contributed by atoms with van der Waals surface area (Å²) >= 11 is 3.35. The van der Waals surface area contributed by atoms with Crippen LogP contribution in [0.3, 0.4) is 0 Å². The molecular formula is C12H10BrN5O. The van der Waals surface area contributed by atoms with E-state index < -0.39 is 0 Å². The lowest BCUT2D eigenvalue weighted by Gasteiger charge is -2.08. The largest absolute Gasteiger partial charge is 0.436 e. The highest BCUT2D eigenvalue weighted by atomic mass is 79.9. The molecule has 7 heteroatoms. The Morgan fingerprint density at radius 1 is 1.32 bits per heavy atom. The van der Waals surface area contributed by atoms with Crippen LogP contribution in [-0.4, -0.2) is 19.7 Å². The first-order chi connectivity index (χ1) is 9.15. The lowest BCUT2D eigenvalue weighted by atomic mass is 10.3. The third kappa shape index (κ3) is 2.12. The second kappa shape index (κ2) is 4.51. The van der Waals surface area contributed by atoms with Crippen molar-refractivity contribution in [3.8, 4) is 11.6 Å². The second-order valence-corrected chi connectivity index (χ2v) is 4.88. The van der Waals surface area contributed by atoms with Gasteiger partial charge in [-0.25, -0.2) is 9.97 Å². The van der Waals surface area contributed by atoms with Gasteiger partial charge in [0.05, 0.1) is 11.9 Å². The Kier molecular flexibility index (Phi) is 2.83. The van der Waals surface area contributed by atoms with E-state index in [9.17, 15) is 0 Å². The van der Waals surface area contributed by atoms with Crippen molar-refractivity contribution < 1.29 is 4.74 Å². The second-order valence-electron chi connectivity index (χ2n) is 3.97. The molecule has 6 nitrogen and oxygen atoms in total. The molecule has 0 radical (unpaired) electrons. The van der Waals surface area contributed by atoms with E-state index >= 15 is 0 Å². The number of nitrogens with zero attached hydrogens (tertiary/aromatic N) is 4. The van der Waals surface area contributed by atoms with E-state index in [2.05, 4.69) is 31.0 Å². The van der Waals surface area contributed by atoms with Crippen LogP contribution in [0.1, 0.15) is 0 Å². The monoisotopic (exact) mass is 319 g/mol. The van der Waals surface area contributed by atoms with Crippen molar-refractivity contribution in [3.63, 3.8) is 0 Å². The highest BCUT2D eigenvalue weighted by Gasteiger charge is 2.11. The molecule has 0 atom stereocenters. The third-order valence-electron chi connectivity index (χ3n) is 2.67. The molecule has 2 N–H and O–H groups in total. The molecule has 19 heavy (non-hydrogen) atoms. The van der Waals surface area contributed by atoms with Crippen LogP contribution in [0.5, 0.6) is 11.6 Å². The van der Waals surface area contributed by atoms with Gasteiger partial charge in [-0.15, -0.1) is 0 Å². The molecule has 0 unspecified atom stereocenters. The van der Waals surface area contributed by atoms with E-state index in [1.54, 1.807) is 23.0 Å². The number of ether oxygens (including phenoxy) is 1. The summed E-state index contributed by atoms with van der Waals surface area (Å²) < 4.78 is 8.30. The van der Waals surface area contributed by atoms with E-state index in [-0.39, 0.29) is 0 Å². The molecule has 3 aromatic rings. The van der Waals surface area contributed by atoms with Gasteiger partial charge in [-0.1, -0.05) is 15.9 Å². The molecular weight excluding hydrogens is 310 g/mol. The standard InChI is InChI=1S/C12H10BrN5O/c1-18-11-8(5-17-18)12(16-6-15-11)19-10-3-2-7(13)4-9(10)14/h2-6H,14H2,1H3. The minimum atomic E-state index is 0.437. The maximum atomic E-state index is 5.90. The first-order valence-corrected chi connectivity index (χ1v) is 6.30. The van der Waals surface area contributed by atoms with Gasteiger partial charge >= 0.3 is 0 Å². The average molecular weight is 320 g/mol. The molecule has 0 saturated heterocycles. The van der Waals surface area contributed by atoms with Crippen molar-refractivity contribution in [3.05, 3.63) is 35.2 Å². The van der Waals surface area contributed by atoms with Gasteiger partial charge in [0.25, 0.3) is 0 Å². The van der Waals surface area contributed by atoms with Crippen LogP contribution in [0.4, 0.5) is 5.69 Å². The summed E-state index contributed by atoms with van der Waals surface area (Å²) in [7, 11) is 1.81. The summed E-state index contributed by atoms with van der Waals surface area (Å²) in [4.78, 5) is 8.28. The molecule has 0 amide bonds. The molecule has 1 aromatic carbocycles. The minimum Gasteiger partial charge on any atom is -0.436 e. The zero-order chi connectivity index (χ0) is 13.4. The molecule has 0 aliphatic rings. The van der Waals surface area contributed by atoms with Gasteiger partial charge in [-0.05, 0) is 18.2 Å². The van der Waals surface area contributed by atoms with Crippen LogP contribution in [0.2, 0.25) is 0 Å². The first-order valence-electron chi connectivity index (χ1n) is 5.51. The van der Waals surface area contributed by atoms with E-state index in [1.165, 1.54) is 6.33 Å². The van der Waals surface area contributed by atoms with Crippen LogP contribution >= 0.6 is 15.9 Å². The van der Waals surface area contributed by atoms with Crippen molar-refractivity contribution in [1.29, 1.82) is 0 Å². The summed E-state index contributed by atoms with van der Waals surface area (Å²) in [5.41, 5.74) is 7.14. The fraction of sp³-hybridized carbons (Fsp3) is 0.0833. The zero-order valence-corrected chi connectivity index (χ0v) is 11.6. The molecule has 0 saturated carbocycles. The van der Waals surface area contributed by atoms with Gasteiger partial charge in [-0.2, -0.15) is 5.10 Å². The Bertz CT molecular complexity index is 755. The fourth-order valence-corrected chi connectivity index (χ4v) is 2.12. The summed E-state index contributed by atoms with van der Waals surface area (Å²) in [6, 6.07) is 5.41. The molecule has 96 valence electrons. The average Bonchev–Trinajstić information content (AvgIpc) is 2.76. The normalized spacial score (nSPS) is 10.8. The van der Waals surface area contributed by atoms with Crippen LogP contribution in [0.25, 0.3) is 11.0 Å². The molecule has 0 spiro atoms. The van der Waals surface area contributed by atoms with Crippen molar-refractivity contribution in [1.82, 2.24) is 19.7 Å². The summed E-state index contributed by atoms with van der Waals surface area (Å²) in [5, 5.41) is 4.87. The number of nitrogens with two attached hydrogens (primary N) is 1. The number of fused-ring (bicyclic) bond motifs is 1. The van der Waals surface area contributed by atoms with Crippen molar-refractivity contribution in [2.24, 2.45) is 7.05 Å². The van der Waals surface area contributed by atoms with E-state index in [4.69, 9.17) is 10.5 Å². The number of rotatable bonds is 2. The van der Waals surface area contributed by atoms with Crippen LogP contribution in [0, 0.1) is 0 Å². The van der Waals surface area contributed by atoms with E-state index in [1.807, 2.05) is 13.1 Å². The fourth-order valence-electron chi connectivity index (χ4n) is 1.74. The van der Waals surface area contributed by atoms with Gasteiger partial charge in [-0.3, -0.25) is 4.68 Å². The number of halogens is 1. The summed E-state index contributed by atoms with van der Waals surface area (Å²) in [6.45, 7) is 0. The first kappa shape index (κ1) is 11.9. The van der Waals surface area contributed by atoms with Gasteiger partial charge in [0.2, 0.25) is 5.88 Å². The van der Waals surface area contributed by atoms with Crippen molar-refractivity contribution >= 4 is 32.7 Å². The quantitative estimate of drug-likeness (QED) is 0.734. The van der Waals surface area contributed by atoms with Gasteiger partial charge in [0.1, 0.15) is 11.7 Å². The lowest BCUT2D eigenvalue weighted by Crippen LogP contribution is -1.96. The maximum Gasteiger partial charge on any atom is 0.233 e. The Morgan fingerprint density at radius 2 is 2.16 bits per heavy atom. The van der Waals surface area contributed by atoms with E-state index in [0.29, 0.717) is 23.0 Å². The van der Waals surface area contributed by atoms with Crippen LogP contribution in [0.15, 0.2) is 35.2 Å². The topological polar surface area (TPSA) is 78.9 Å². The van der Waals surface area contributed by atoms with Crippen LogP contribution < -0.4 is 10.5 Å². The summed E-state index contributed by atoms with van der Waals surface area (Å²) in [5.74, 6) is 0.985. The summed E-state index contributed by atoms with van der Waals surface area (Å²) in [6.07, 6.45) is 3.11. The number of aryl methyl sites for hydroxylation is 1. The highest BCUT2D eigenvalue weighted by Crippen LogP contribution is 2.31. The SMILES string of the molecule is Cn1ncc2c(Oc3ccc(Br)cc3N)ncnc21. The Labute approximate surface area is 117 Å². The molecule has 2 heterocycles. The van der Waals surface area contributed by atoms with Crippen molar-refractivity contribution in [2.45, 2.75) is 0 Å². The highest BCUT2D eigenvalue weighted by molar-refractivity contribution is 9.10. The number of benzene rings is 1. The lowest BCUT2D eigenvalue weighted by molar-refractivity contribution is 0.470. The molecule has 3 rings (SSSR count). The maximum absolute atomic E-state index is 5.90. The Hall–Kier alpha value is -2.15. The van der Waals surface area contributed by atoms with Crippen LogP contribution in [-0.2, 0) is 7.05 Å². The number of anilines is 1. The molecule has 0 aliphatic carbocycles. The third-order valence-corrected chi connectivity index (χ3v) is 3.16.